The molecule has 0 aliphatic rings. The number of urea groups is 1. The van der Waals surface area contributed by atoms with Crippen molar-refractivity contribution >= 4 is 39.9 Å². The summed E-state index contributed by atoms with van der Waals surface area (Å²) in [6.07, 6.45) is 3.37. The van der Waals surface area contributed by atoms with Crippen molar-refractivity contribution in [2.45, 2.75) is 0 Å². The highest BCUT2D eigenvalue weighted by atomic mass is 35.5. The number of para-hydroxylation sites is 1. The number of anilines is 2. The van der Waals surface area contributed by atoms with Gasteiger partial charge in [0, 0.05) is 29.0 Å². The maximum Gasteiger partial charge on any atom is 0.323 e. The van der Waals surface area contributed by atoms with Crippen LogP contribution in [0.5, 0.6) is 0 Å². The van der Waals surface area contributed by atoms with E-state index >= 15 is 0 Å². The monoisotopic (exact) mass is 375 g/mol. The second kappa shape index (κ2) is 7.39. The van der Waals surface area contributed by atoms with E-state index in [1.807, 2.05) is 36.4 Å². The normalized spacial score (nSPS) is 10.6. The molecule has 7 heteroatoms. The van der Waals surface area contributed by atoms with Gasteiger partial charge in [0.05, 0.1) is 11.2 Å². The van der Waals surface area contributed by atoms with Gasteiger partial charge >= 0.3 is 6.03 Å². The minimum Gasteiger partial charge on any atom is -0.308 e. The molecule has 2 aromatic carbocycles. The Morgan fingerprint density at radius 2 is 1.63 bits per heavy atom. The third-order valence-corrected chi connectivity index (χ3v) is 4.09. The number of carbonyl (C=O) groups excluding carboxylic acids is 1. The number of hydrogen-bond donors (Lipinski definition) is 2. The van der Waals surface area contributed by atoms with Crippen LogP contribution in [0, 0.1) is 0 Å². The summed E-state index contributed by atoms with van der Waals surface area (Å²) >= 11 is 6.05. The lowest BCUT2D eigenvalue weighted by atomic mass is 10.2. The summed E-state index contributed by atoms with van der Waals surface area (Å²) in [5.74, 6) is 0.631. The predicted molar refractivity (Wildman–Crippen MR) is 107 cm³/mol. The third kappa shape index (κ3) is 3.86. The van der Waals surface area contributed by atoms with Crippen molar-refractivity contribution < 1.29 is 4.79 Å². The molecule has 27 heavy (non-hydrogen) atoms. The van der Waals surface area contributed by atoms with E-state index < -0.39 is 0 Å². The van der Waals surface area contributed by atoms with E-state index in [-0.39, 0.29) is 6.03 Å². The van der Waals surface area contributed by atoms with Gasteiger partial charge in [-0.3, -0.25) is 0 Å². The molecule has 0 saturated heterocycles. The van der Waals surface area contributed by atoms with Crippen molar-refractivity contribution in [2.75, 3.05) is 10.6 Å². The van der Waals surface area contributed by atoms with Gasteiger partial charge in [-0.2, -0.15) is 0 Å². The maximum atomic E-state index is 12.4. The Morgan fingerprint density at radius 1 is 0.889 bits per heavy atom. The van der Waals surface area contributed by atoms with Gasteiger partial charge < -0.3 is 10.6 Å². The molecule has 4 rings (SSSR count). The number of nitrogens with zero attached hydrogens (tertiary/aromatic N) is 3. The van der Waals surface area contributed by atoms with E-state index in [0.29, 0.717) is 27.9 Å². The molecule has 0 aliphatic heterocycles. The van der Waals surface area contributed by atoms with Crippen molar-refractivity contribution in [3.63, 3.8) is 0 Å². The maximum absolute atomic E-state index is 12.4. The number of halogens is 1. The van der Waals surface area contributed by atoms with Crippen LogP contribution in [0.4, 0.5) is 16.2 Å². The minimum atomic E-state index is -0.369. The van der Waals surface area contributed by atoms with Crippen molar-refractivity contribution in [2.24, 2.45) is 0 Å². The van der Waals surface area contributed by atoms with Crippen LogP contribution in [0.25, 0.3) is 22.3 Å². The Kier molecular flexibility index (Phi) is 4.63. The van der Waals surface area contributed by atoms with Crippen LogP contribution in [0.2, 0.25) is 5.15 Å². The number of amides is 2. The molecule has 2 aromatic heterocycles. The molecule has 132 valence electrons. The molecule has 4 aromatic rings. The summed E-state index contributed by atoms with van der Waals surface area (Å²) in [6, 6.07) is 17.8. The predicted octanol–water partition coefficient (Wildman–Crippen LogP) is 4.99. The summed E-state index contributed by atoms with van der Waals surface area (Å²) in [4.78, 5) is 25.0. The van der Waals surface area contributed by atoms with Crippen LogP contribution in [0.15, 0.2) is 73.1 Å². The van der Waals surface area contributed by atoms with Crippen LogP contribution in [-0.4, -0.2) is 21.0 Å². The van der Waals surface area contributed by atoms with Crippen LogP contribution >= 0.6 is 11.6 Å². The number of carbonyl (C=O) groups is 1. The molecule has 0 spiro atoms. The van der Waals surface area contributed by atoms with Gasteiger partial charge in [-0.15, -0.1) is 0 Å². The third-order valence-electron chi connectivity index (χ3n) is 3.90. The van der Waals surface area contributed by atoms with E-state index in [0.717, 1.165) is 10.9 Å². The smallest absolute Gasteiger partial charge is 0.308 e. The molecule has 2 N–H and O–H groups in total. The molecule has 0 atom stereocenters. The number of rotatable bonds is 3. The fourth-order valence-corrected chi connectivity index (χ4v) is 2.88. The summed E-state index contributed by atoms with van der Waals surface area (Å²) < 4.78 is 0. The highest BCUT2D eigenvalue weighted by Gasteiger charge is 2.09. The van der Waals surface area contributed by atoms with Gasteiger partial charge in [0.15, 0.2) is 5.82 Å². The lowest BCUT2D eigenvalue weighted by molar-refractivity contribution is 0.262. The number of benzene rings is 2. The molecule has 0 radical (unpaired) electrons. The largest absolute Gasteiger partial charge is 0.323 e. The summed E-state index contributed by atoms with van der Waals surface area (Å²) in [5.41, 5.74) is 2.83. The van der Waals surface area contributed by atoms with Crippen LogP contribution in [-0.2, 0) is 0 Å². The summed E-state index contributed by atoms with van der Waals surface area (Å²) in [6.45, 7) is 0. The van der Waals surface area contributed by atoms with Crippen LogP contribution in [0.3, 0.4) is 0 Å². The lowest BCUT2D eigenvalue weighted by Gasteiger charge is -2.11. The minimum absolute atomic E-state index is 0.316. The molecule has 2 amide bonds. The number of hydrogen-bond acceptors (Lipinski definition) is 4. The fourth-order valence-electron chi connectivity index (χ4n) is 2.68. The first-order valence-corrected chi connectivity index (χ1v) is 8.57. The zero-order valence-corrected chi connectivity index (χ0v) is 14.8. The van der Waals surface area contributed by atoms with Crippen molar-refractivity contribution in [1.82, 2.24) is 15.0 Å². The number of aromatic nitrogens is 3. The molecule has 0 aliphatic carbocycles. The highest BCUT2D eigenvalue weighted by molar-refractivity contribution is 6.30. The average Bonchev–Trinajstić information content (AvgIpc) is 2.69. The molecule has 0 fully saturated rings. The Bertz CT molecular complexity index is 1100. The second-order valence-corrected chi connectivity index (χ2v) is 6.13. The van der Waals surface area contributed by atoms with E-state index in [4.69, 9.17) is 11.6 Å². The number of pyridine rings is 1. The van der Waals surface area contributed by atoms with Crippen molar-refractivity contribution in [3.05, 3.63) is 78.2 Å². The van der Waals surface area contributed by atoms with Crippen LogP contribution in [0.1, 0.15) is 0 Å². The highest BCUT2D eigenvalue weighted by Crippen LogP contribution is 2.25. The molecule has 0 saturated carbocycles. The van der Waals surface area contributed by atoms with Gasteiger partial charge in [0.2, 0.25) is 0 Å². The fraction of sp³-hybridized carbons (Fsp3) is 0. The van der Waals surface area contributed by atoms with Crippen molar-refractivity contribution in [1.29, 1.82) is 0 Å². The van der Waals surface area contributed by atoms with Gasteiger partial charge in [-0.25, -0.2) is 19.7 Å². The topological polar surface area (TPSA) is 79.8 Å². The zero-order valence-electron chi connectivity index (χ0n) is 14.1. The second-order valence-electron chi connectivity index (χ2n) is 5.74. The molecule has 0 bridgehead atoms. The molecular formula is C20H14ClN5O. The Morgan fingerprint density at radius 3 is 2.41 bits per heavy atom. The first-order chi connectivity index (χ1) is 13.2. The Hall–Kier alpha value is -3.51. The number of nitrogens with one attached hydrogen (secondary N) is 2. The first-order valence-electron chi connectivity index (χ1n) is 8.20. The van der Waals surface area contributed by atoms with E-state index in [1.165, 1.54) is 0 Å². The Balaban J connectivity index is 1.50. The molecule has 6 nitrogen and oxygen atoms in total. The van der Waals surface area contributed by atoms with E-state index in [9.17, 15) is 4.79 Å². The molecule has 0 unspecified atom stereocenters. The van der Waals surface area contributed by atoms with Crippen molar-refractivity contribution in [3.8, 4) is 11.4 Å². The summed E-state index contributed by atoms with van der Waals surface area (Å²) in [5, 5.41) is 6.75. The molecule has 2 heterocycles. The van der Waals surface area contributed by atoms with Gasteiger partial charge in [0.1, 0.15) is 5.15 Å². The molecular weight excluding hydrogens is 362 g/mol. The van der Waals surface area contributed by atoms with Gasteiger partial charge in [0.25, 0.3) is 0 Å². The standard InChI is InChI=1S/C20H14ClN5O/c21-18-12-17(15-4-1-2-5-16(15)25-18)26-20(27)24-14-8-6-13(7-9-14)19-22-10-3-11-23-19/h1-12H,(H2,24,25,26,27). The Labute approximate surface area is 160 Å². The zero-order chi connectivity index (χ0) is 18.6. The van der Waals surface area contributed by atoms with Gasteiger partial charge in [-0.05, 0) is 42.5 Å². The number of fused-ring (bicyclic) bond motifs is 1. The lowest BCUT2D eigenvalue weighted by Crippen LogP contribution is -2.19. The SMILES string of the molecule is O=C(Nc1ccc(-c2ncccn2)cc1)Nc1cc(Cl)nc2ccccc12. The van der Waals surface area contributed by atoms with Gasteiger partial charge in [-0.1, -0.05) is 29.8 Å². The summed E-state index contributed by atoms with van der Waals surface area (Å²) in [7, 11) is 0. The quantitative estimate of drug-likeness (QED) is 0.494. The first kappa shape index (κ1) is 16.9. The van der Waals surface area contributed by atoms with E-state index in [2.05, 4.69) is 25.6 Å². The average molecular weight is 376 g/mol. The van der Waals surface area contributed by atoms with E-state index in [1.54, 1.807) is 36.7 Å². The van der Waals surface area contributed by atoms with Crippen LogP contribution < -0.4 is 10.6 Å².